The van der Waals surface area contributed by atoms with Crippen molar-refractivity contribution >= 4 is 27.5 Å². The van der Waals surface area contributed by atoms with Gasteiger partial charge >= 0.3 is 6.01 Å². The highest BCUT2D eigenvalue weighted by molar-refractivity contribution is 5.99. The van der Waals surface area contributed by atoms with Crippen LogP contribution in [0.3, 0.4) is 0 Å². The van der Waals surface area contributed by atoms with E-state index in [1.165, 1.54) is 25.4 Å². The van der Waals surface area contributed by atoms with Crippen LogP contribution in [-0.2, 0) is 0 Å². The molecule has 5 rings (SSSR count). The molecule has 1 aliphatic heterocycles. The minimum absolute atomic E-state index is 0.00393. The lowest BCUT2D eigenvalue weighted by Crippen LogP contribution is -2.47. The molecule has 6 nitrogen and oxygen atoms in total. The monoisotopic (exact) mass is 439 g/mol. The number of ether oxygens (including phenoxy) is 1. The fraction of sp³-hybridized carbons (Fsp3) is 0.261. The van der Waals surface area contributed by atoms with Crippen molar-refractivity contribution in [2.24, 2.45) is 5.92 Å². The van der Waals surface area contributed by atoms with Crippen molar-refractivity contribution < 1.29 is 17.9 Å². The number of fused-ring (bicyclic) bond motifs is 2. The second kappa shape index (κ2) is 7.90. The normalized spacial score (nSPS) is 14.0. The third kappa shape index (κ3) is 3.29. The van der Waals surface area contributed by atoms with Crippen LogP contribution in [0.1, 0.15) is 0 Å². The maximum Gasteiger partial charge on any atom is 0.318 e. The van der Waals surface area contributed by atoms with Gasteiger partial charge in [-0.15, -0.1) is 0 Å². The van der Waals surface area contributed by atoms with Gasteiger partial charge in [-0.2, -0.15) is 9.97 Å². The summed E-state index contributed by atoms with van der Waals surface area (Å²) in [7, 11) is 3.28. The van der Waals surface area contributed by atoms with E-state index in [4.69, 9.17) is 4.74 Å². The Kier molecular flexibility index (Phi) is 5.05. The van der Waals surface area contributed by atoms with Crippen molar-refractivity contribution in [3.8, 4) is 17.3 Å². The maximum atomic E-state index is 15.8. The maximum absolute atomic E-state index is 15.8. The molecule has 1 N–H and O–H groups in total. The summed E-state index contributed by atoms with van der Waals surface area (Å²) in [5.74, 6) is -1.86. The van der Waals surface area contributed by atoms with Gasteiger partial charge in [0, 0.05) is 49.7 Å². The zero-order valence-electron chi connectivity index (χ0n) is 17.5. The fourth-order valence-electron chi connectivity index (χ4n) is 4.05. The van der Waals surface area contributed by atoms with Gasteiger partial charge in [-0.05, 0) is 11.5 Å². The fourth-order valence-corrected chi connectivity index (χ4v) is 4.05. The molecule has 3 heterocycles. The second-order valence-corrected chi connectivity index (χ2v) is 7.89. The van der Waals surface area contributed by atoms with Crippen LogP contribution >= 0.6 is 0 Å². The van der Waals surface area contributed by atoms with Crippen molar-refractivity contribution in [3.63, 3.8) is 0 Å². The standard InChI is InChI=1S/C23H20F3N5O/c1-31(11-12-8-27-9-12)22-15-10-28-20(19(26)21(15)29-23(30-22)32-2)14-5-3-4-13-6-7-16(24)18(25)17(13)14/h3-7,10,12,27H,8-9,11H2,1-2H3. The van der Waals surface area contributed by atoms with Gasteiger partial charge in [0.1, 0.15) is 17.0 Å². The summed E-state index contributed by atoms with van der Waals surface area (Å²) in [4.78, 5) is 14.8. The summed E-state index contributed by atoms with van der Waals surface area (Å²) in [6, 6.07) is 7.29. The van der Waals surface area contributed by atoms with Crippen molar-refractivity contribution in [2.75, 3.05) is 38.7 Å². The van der Waals surface area contributed by atoms with Crippen LogP contribution in [0, 0.1) is 23.4 Å². The first kappa shape index (κ1) is 20.4. The third-order valence-corrected chi connectivity index (χ3v) is 5.78. The number of hydrogen-bond donors (Lipinski definition) is 1. The molecular weight excluding hydrogens is 419 g/mol. The van der Waals surface area contributed by atoms with Gasteiger partial charge in [0.25, 0.3) is 0 Å². The smallest absolute Gasteiger partial charge is 0.318 e. The molecule has 0 spiro atoms. The van der Waals surface area contributed by atoms with Gasteiger partial charge in [0.05, 0.1) is 12.5 Å². The SMILES string of the molecule is COc1nc(N(C)CC2CNC2)c2cnc(-c3cccc4ccc(F)c(F)c34)c(F)c2n1. The summed E-state index contributed by atoms with van der Waals surface area (Å²) in [5.41, 5.74) is 0.0290. The molecule has 2 aromatic heterocycles. The van der Waals surface area contributed by atoms with E-state index in [1.807, 2.05) is 11.9 Å². The largest absolute Gasteiger partial charge is 0.467 e. The highest BCUT2D eigenvalue weighted by Crippen LogP contribution is 2.36. The van der Waals surface area contributed by atoms with E-state index in [1.54, 1.807) is 12.1 Å². The molecule has 0 saturated carbocycles. The van der Waals surface area contributed by atoms with Crippen LogP contribution in [0.2, 0.25) is 0 Å². The molecule has 0 unspecified atom stereocenters. The number of benzene rings is 2. The van der Waals surface area contributed by atoms with Crippen molar-refractivity contribution in [3.05, 3.63) is 54.0 Å². The van der Waals surface area contributed by atoms with Crippen LogP contribution in [0.15, 0.2) is 36.5 Å². The highest BCUT2D eigenvalue weighted by Gasteiger charge is 2.24. The molecule has 1 saturated heterocycles. The molecule has 0 aliphatic carbocycles. The predicted molar refractivity (Wildman–Crippen MR) is 116 cm³/mol. The number of methoxy groups -OCH3 is 1. The average molecular weight is 439 g/mol. The predicted octanol–water partition coefficient (Wildman–Crippen LogP) is 3.93. The minimum atomic E-state index is -1.05. The molecule has 0 atom stereocenters. The summed E-state index contributed by atoms with van der Waals surface area (Å²) in [5, 5.41) is 4.04. The first-order valence-electron chi connectivity index (χ1n) is 10.2. The number of nitrogens with one attached hydrogen (secondary N) is 1. The van der Waals surface area contributed by atoms with Gasteiger partial charge in [0.2, 0.25) is 0 Å². The number of anilines is 1. The topological polar surface area (TPSA) is 63.2 Å². The van der Waals surface area contributed by atoms with E-state index in [2.05, 4.69) is 20.3 Å². The Morgan fingerprint density at radius 2 is 1.91 bits per heavy atom. The molecule has 9 heteroatoms. The van der Waals surface area contributed by atoms with Crippen molar-refractivity contribution in [1.82, 2.24) is 20.3 Å². The first-order chi connectivity index (χ1) is 15.5. The van der Waals surface area contributed by atoms with Crippen LogP contribution in [-0.4, -0.2) is 48.7 Å². The zero-order chi connectivity index (χ0) is 22.4. The molecule has 32 heavy (non-hydrogen) atoms. The van der Waals surface area contributed by atoms with E-state index in [0.717, 1.165) is 25.7 Å². The molecule has 164 valence electrons. The van der Waals surface area contributed by atoms with E-state index in [-0.39, 0.29) is 28.2 Å². The summed E-state index contributed by atoms with van der Waals surface area (Å²) in [6.07, 6.45) is 1.47. The van der Waals surface area contributed by atoms with Crippen LogP contribution < -0.4 is 15.0 Å². The number of aromatic nitrogens is 3. The van der Waals surface area contributed by atoms with Crippen LogP contribution in [0.4, 0.5) is 19.0 Å². The van der Waals surface area contributed by atoms with E-state index in [9.17, 15) is 8.78 Å². The quantitative estimate of drug-likeness (QED) is 0.509. The summed E-state index contributed by atoms with van der Waals surface area (Å²) >= 11 is 0. The van der Waals surface area contributed by atoms with Gasteiger partial charge in [-0.25, -0.2) is 13.2 Å². The third-order valence-electron chi connectivity index (χ3n) is 5.78. The lowest BCUT2D eigenvalue weighted by molar-refractivity contribution is 0.351. The summed E-state index contributed by atoms with van der Waals surface area (Å²) in [6.45, 7) is 2.54. The number of hydrogen-bond acceptors (Lipinski definition) is 6. The average Bonchev–Trinajstić information content (AvgIpc) is 2.78. The Morgan fingerprint density at radius 1 is 1.09 bits per heavy atom. The molecule has 0 amide bonds. The van der Waals surface area contributed by atoms with Gasteiger partial charge in [-0.1, -0.05) is 24.3 Å². The first-order valence-corrected chi connectivity index (χ1v) is 10.2. The molecule has 0 bridgehead atoms. The lowest BCUT2D eigenvalue weighted by Gasteiger charge is -2.32. The van der Waals surface area contributed by atoms with Crippen LogP contribution in [0.25, 0.3) is 32.9 Å². The van der Waals surface area contributed by atoms with Crippen molar-refractivity contribution in [2.45, 2.75) is 0 Å². The Hall–Kier alpha value is -3.46. The number of nitrogens with zero attached hydrogens (tertiary/aromatic N) is 4. The second-order valence-electron chi connectivity index (χ2n) is 7.89. The Morgan fingerprint density at radius 3 is 2.62 bits per heavy atom. The molecule has 2 aromatic carbocycles. The summed E-state index contributed by atoms with van der Waals surface area (Å²) < 4.78 is 49.6. The highest BCUT2D eigenvalue weighted by atomic mass is 19.2. The molecule has 4 aromatic rings. The van der Waals surface area contributed by atoms with Gasteiger partial charge < -0.3 is 15.0 Å². The van der Waals surface area contributed by atoms with Gasteiger partial charge in [-0.3, -0.25) is 4.98 Å². The van der Waals surface area contributed by atoms with E-state index >= 15 is 4.39 Å². The number of halogens is 3. The Bertz CT molecular complexity index is 1340. The minimum Gasteiger partial charge on any atom is -0.467 e. The lowest BCUT2D eigenvalue weighted by atomic mass is 10.00. The molecule has 0 radical (unpaired) electrons. The zero-order valence-corrected chi connectivity index (χ0v) is 17.5. The van der Waals surface area contributed by atoms with E-state index < -0.39 is 17.5 Å². The number of rotatable bonds is 5. The Balaban J connectivity index is 1.71. The van der Waals surface area contributed by atoms with Crippen molar-refractivity contribution in [1.29, 1.82) is 0 Å². The van der Waals surface area contributed by atoms with Gasteiger partial charge in [0.15, 0.2) is 17.5 Å². The number of pyridine rings is 1. The van der Waals surface area contributed by atoms with E-state index in [0.29, 0.717) is 22.5 Å². The van der Waals surface area contributed by atoms with Crippen LogP contribution in [0.5, 0.6) is 6.01 Å². The molecular formula is C23H20F3N5O. The molecule has 1 aliphatic rings. The Labute approximate surface area is 182 Å². The molecule has 1 fully saturated rings.